The Balaban J connectivity index is 2.98. The SMILES string of the molecule is CCN(CC(C)C#N)c1ccc([N+](=O)[O-])c(C)n1. The molecule has 1 aromatic rings. The van der Waals surface area contributed by atoms with Gasteiger partial charge in [-0.1, -0.05) is 0 Å². The van der Waals surface area contributed by atoms with Gasteiger partial charge in [-0.2, -0.15) is 5.26 Å². The Labute approximate surface area is 106 Å². The van der Waals surface area contributed by atoms with Crippen molar-refractivity contribution in [2.75, 3.05) is 18.0 Å². The summed E-state index contributed by atoms with van der Waals surface area (Å²) in [5.74, 6) is 0.560. The second-order valence-electron chi connectivity index (χ2n) is 4.10. The number of rotatable bonds is 5. The molecule has 1 atom stereocenters. The van der Waals surface area contributed by atoms with Gasteiger partial charge in [0.05, 0.1) is 16.9 Å². The molecule has 0 amide bonds. The summed E-state index contributed by atoms with van der Waals surface area (Å²) in [4.78, 5) is 16.4. The molecule has 0 aromatic carbocycles. The molecule has 18 heavy (non-hydrogen) atoms. The van der Waals surface area contributed by atoms with Crippen LogP contribution >= 0.6 is 0 Å². The summed E-state index contributed by atoms with van der Waals surface area (Å²) >= 11 is 0. The van der Waals surface area contributed by atoms with Gasteiger partial charge >= 0.3 is 0 Å². The maximum atomic E-state index is 10.7. The molecular formula is C12H16N4O2. The van der Waals surface area contributed by atoms with E-state index in [1.165, 1.54) is 6.07 Å². The Kier molecular flexibility index (Phi) is 4.60. The van der Waals surface area contributed by atoms with Crippen LogP contribution in [0.4, 0.5) is 11.5 Å². The molecule has 0 spiro atoms. The predicted octanol–water partition coefficient (Wildman–Crippen LogP) is 2.28. The summed E-state index contributed by atoms with van der Waals surface area (Å²) in [6, 6.07) is 5.25. The number of anilines is 1. The van der Waals surface area contributed by atoms with E-state index in [1.54, 1.807) is 13.0 Å². The molecular weight excluding hydrogens is 232 g/mol. The summed E-state index contributed by atoms with van der Waals surface area (Å²) in [5, 5.41) is 19.5. The topological polar surface area (TPSA) is 83.1 Å². The number of nitriles is 1. The Bertz CT molecular complexity index is 481. The second-order valence-corrected chi connectivity index (χ2v) is 4.10. The first-order chi connectivity index (χ1) is 8.49. The van der Waals surface area contributed by atoms with Crippen LogP contribution < -0.4 is 4.90 Å². The van der Waals surface area contributed by atoms with Gasteiger partial charge in [0.25, 0.3) is 5.69 Å². The lowest BCUT2D eigenvalue weighted by molar-refractivity contribution is -0.385. The molecule has 0 N–H and O–H groups in total. The quantitative estimate of drug-likeness (QED) is 0.589. The highest BCUT2D eigenvalue weighted by molar-refractivity contribution is 5.46. The molecule has 0 radical (unpaired) electrons. The third-order valence-corrected chi connectivity index (χ3v) is 2.66. The Morgan fingerprint density at radius 2 is 2.28 bits per heavy atom. The molecule has 1 unspecified atom stereocenters. The number of aryl methyl sites for hydroxylation is 1. The smallest absolute Gasteiger partial charge is 0.290 e. The normalized spacial score (nSPS) is 11.7. The maximum absolute atomic E-state index is 10.7. The average Bonchev–Trinajstić information content (AvgIpc) is 2.34. The van der Waals surface area contributed by atoms with Gasteiger partial charge in [-0.25, -0.2) is 4.98 Å². The minimum Gasteiger partial charge on any atom is -0.356 e. The first-order valence-corrected chi connectivity index (χ1v) is 5.76. The van der Waals surface area contributed by atoms with E-state index in [2.05, 4.69) is 11.1 Å². The number of nitro groups is 1. The first kappa shape index (κ1) is 13.9. The van der Waals surface area contributed by atoms with E-state index in [0.29, 0.717) is 24.6 Å². The van der Waals surface area contributed by atoms with E-state index in [0.717, 1.165) is 0 Å². The Hall–Kier alpha value is -2.16. The molecule has 6 nitrogen and oxygen atoms in total. The molecule has 0 aliphatic carbocycles. The Morgan fingerprint density at radius 3 is 2.72 bits per heavy atom. The largest absolute Gasteiger partial charge is 0.356 e. The standard InChI is InChI=1S/C12H16N4O2/c1-4-15(8-9(2)7-13)12-6-5-11(16(17)18)10(3)14-12/h5-6,9H,4,8H2,1-3H3. The van der Waals surface area contributed by atoms with E-state index < -0.39 is 4.92 Å². The second kappa shape index (κ2) is 5.96. The summed E-state index contributed by atoms with van der Waals surface area (Å²) in [6.07, 6.45) is 0. The van der Waals surface area contributed by atoms with E-state index in [4.69, 9.17) is 5.26 Å². The molecule has 0 bridgehead atoms. The van der Waals surface area contributed by atoms with Crippen LogP contribution in [0.15, 0.2) is 12.1 Å². The van der Waals surface area contributed by atoms with Crippen LogP contribution in [0.25, 0.3) is 0 Å². The van der Waals surface area contributed by atoms with Crippen LogP contribution in [-0.2, 0) is 0 Å². The minimum absolute atomic E-state index is 0.0168. The maximum Gasteiger partial charge on any atom is 0.290 e. The van der Waals surface area contributed by atoms with E-state index in [-0.39, 0.29) is 11.6 Å². The van der Waals surface area contributed by atoms with Crippen LogP contribution in [0.3, 0.4) is 0 Å². The molecule has 1 rings (SSSR count). The van der Waals surface area contributed by atoms with Crippen molar-refractivity contribution in [3.8, 4) is 6.07 Å². The van der Waals surface area contributed by atoms with Crippen molar-refractivity contribution in [3.05, 3.63) is 27.9 Å². The van der Waals surface area contributed by atoms with Crippen molar-refractivity contribution < 1.29 is 4.92 Å². The van der Waals surface area contributed by atoms with Crippen molar-refractivity contribution in [3.63, 3.8) is 0 Å². The van der Waals surface area contributed by atoms with Crippen molar-refractivity contribution >= 4 is 11.5 Å². The van der Waals surface area contributed by atoms with Gasteiger partial charge in [-0.3, -0.25) is 10.1 Å². The highest BCUT2D eigenvalue weighted by atomic mass is 16.6. The summed E-state index contributed by atoms with van der Waals surface area (Å²) in [7, 11) is 0. The number of nitrogens with zero attached hydrogens (tertiary/aromatic N) is 4. The lowest BCUT2D eigenvalue weighted by atomic mass is 10.2. The predicted molar refractivity (Wildman–Crippen MR) is 68.3 cm³/mol. The number of aromatic nitrogens is 1. The molecule has 0 saturated carbocycles. The van der Waals surface area contributed by atoms with Crippen LogP contribution in [-0.4, -0.2) is 23.0 Å². The highest BCUT2D eigenvalue weighted by Crippen LogP contribution is 2.20. The zero-order chi connectivity index (χ0) is 13.7. The van der Waals surface area contributed by atoms with Gasteiger partial charge in [-0.15, -0.1) is 0 Å². The van der Waals surface area contributed by atoms with Gasteiger partial charge in [0.1, 0.15) is 11.5 Å². The fraction of sp³-hybridized carbons (Fsp3) is 0.500. The van der Waals surface area contributed by atoms with Crippen LogP contribution in [0.5, 0.6) is 0 Å². The molecule has 0 saturated heterocycles. The van der Waals surface area contributed by atoms with E-state index in [9.17, 15) is 10.1 Å². The lowest BCUT2D eigenvalue weighted by Gasteiger charge is -2.23. The highest BCUT2D eigenvalue weighted by Gasteiger charge is 2.15. The van der Waals surface area contributed by atoms with E-state index >= 15 is 0 Å². The monoisotopic (exact) mass is 248 g/mol. The molecule has 1 heterocycles. The van der Waals surface area contributed by atoms with Crippen LogP contribution in [0.1, 0.15) is 19.5 Å². The third kappa shape index (κ3) is 3.17. The van der Waals surface area contributed by atoms with Gasteiger partial charge in [0.2, 0.25) is 0 Å². The third-order valence-electron chi connectivity index (χ3n) is 2.66. The average molecular weight is 248 g/mol. The Morgan fingerprint density at radius 1 is 1.61 bits per heavy atom. The number of pyridine rings is 1. The van der Waals surface area contributed by atoms with Crippen molar-refractivity contribution in [1.82, 2.24) is 4.98 Å². The van der Waals surface area contributed by atoms with Crippen LogP contribution in [0.2, 0.25) is 0 Å². The lowest BCUT2D eigenvalue weighted by Crippen LogP contribution is -2.28. The summed E-state index contributed by atoms with van der Waals surface area (Å²) in [6.45, 7) is 6.68. The van der Waals surface area contributed by atoms with Crippen molar-refractivity contribution in [1.29, 1.82) is 5.26 Å². The molecule has 0 fully saturated rings. The zero-order valence-electron chi connectivity index (χ0n) is 10.8. The molecule has 96 valence electrons. The number of hydrogen-bond acceptors (Lipinski definition) is 5. The fourth-order valence-electron chi connectivity index (χ4n) is 1.67. The summed E-state index contributed by atoms with van der Waals surface area (Å²) in [5.41, 5.74) is 0.406. The molecule has 6 heteroatoms. The molecule has 0 aliphatic rings. The molecule has 0 aliphatic heterocycles. The zero-order valence-corrected chi connectivity index (χ0v) is 10.8. The van der Waals surface area contributed by atoms with Gasteiger partial charge in [-0.05, 0) is 26.8 Å². The fourth-order valence-corrected chi connectivity index (χ4v) is 1.67. The first-order valence-electron chi connectivity index (χ1n) is 5.76. The van der Waals surface area contributed by atoms with Crippen LogP contribution in [0, 0.1) is 34.3 Å². The molecule has 1 aromatic heterocycles. The van der Waals surface area contributed by atoms with Gasteiger partial charge in [0, 0.05) is 19.2 Å². The van der Waals surface area contributed by atoms with Crippen molar-refractivity contribution in [2.45, 2.75) is 20.8 Å². The minimum atomic E-state index is -0.444. The van der Waals surface area contributed by atoms with Gasteiger partial charge < -0.3 is 4.90 Å². The number of hydrogen-bond donors (Lipinski definition) is 0. The van der Waals surface area contributed by atoms with E-state index in [1.807, 2.05) is 18.7 Å². The van der Waals surface area contributed by atoms with Crippen molar-refractivity contribution in [2.24, 2.45) is 5.92 Å². The van der Waals surface area contributed by atoms with Gasteiger partial charge in [0.15, 0.2) is 0 Å². The summed E-state index contributed by atoms with van der Waals surface area (Å²) < 4.78 is 0.